The number of aldehydes is 1. The first-order valence-electron chi connectivity index (χ1n) is 5.85. The van der Waals surface area contributed by atoms with Crippen LogP contribution in [0.2, 0.25) is 0 Å². The summed E-state index contributed by atoms with van der Waals surface area (Å²) in [5.74, 6) is 0.910. The maximum absolute atomic E-state index is 10.7. The first-order valence-corrected chi connectivity index (χ1v) is 6.67. The van der Waals surface area contributed by atoms with E-state index in [-0.39, 0.29) is 0 Å². The molecule has 0 aliphatic heterocycles. The van der Waals surface area contributed by atoms with Crippen LogP contribution in [0, 0.1) is 20.8 Å². The molecule has 0 saturated carbocycles. The third kappa shape index (κ3) is 2.62. The molecule has 1 heterocycles. The smallest absolute Gasteiger partial charge is 0.160 e. The lowest BCUT2D eigenvalue weighted by molar-refractivity contribution is 0.112. The molecule has 2 rings (SSSR count). The molecule has 0 spiro atoms. The number of hydrogen-bond acceptors (Lipinski definition) is 3. The highest BCUT2D eigenvalue weighted by Gasteiger charge is 2.07. The van der Waals surface area contributed by atoms with Gasteiger partial charge in [0.1, 0.15) is 12.4 Å². The minimum absolute atomic E-state index is 0.514. The Hall–Kier alpha value is -1.61. The van der Waals surface area contributed by atoms with E-state index in [0.717, 1.165) is 27.4 Å². The summed E-state index contributed by atoms with van der Waals surface area (Å²) in [4.78, 5) is 12.6. The maximum Gasteiger partial charge on any atom is 0.160 e. The maximum atomic E-state index is 10.7. The van der Waals surface area contributed by atoms with Crippen molar-refractivity contribution in [3.63, 3.8) is 0 Å². The van der Waals surface area contributed by atoms with Crippen molar-refractivity contribution in [1.82, 2.24) is 0 Å². The Balaban J connectivity index is 2.13. The van der Waals surface area contributed by atoms with Crippen LogP contribution in [0.5, 0.6) is 5.75 Å². The van der Waals surface area contributed by atoms with E-state index in [4.69, 9.17) is 4.74 Å². The Morgan fingerprint density at radius 2 is 2.06 bits per heavy atom. The Morgan fingerprint density at radius 1 is 1.28 bits per heavy atom. The van der Waals surface area contributed by atoms with Gasteiger partial charge in [-0.15, -0.1) is 11.3 Å². The summed E-state index contributed by atoms with van der Waals surface area (Å²) < 4.78 is 5.83. The van der Waals surface area contributed by atoms with E-state index in [2.05, 4.69) is 19.9 Å². The van der Waals surface area contributed by atoms with E-state index < -0.39 is 0 Å². The average Bonchev–Trinajstić information content (AvgIpc) is 2.72. The highest BCUT2D eigenvalue weighted by Crippen LogP contribution is 2.25. The molecule has 0 unspecified atom stereocenters. The van der Waals surface area contributed by atoms with Gasteiger partial charge < -0.3 is 4.74 Å². The molecule has 0 bridgehead atoms. The van der Waals surface area contributed by atoms with E-state index >= 15 is 0 Å². The molecule has 18 heavy (non-hydrogen) atoms. The van der Waals surface area contributed by atoms with Crippen LogP contribution in [0.3, 0.4) is 0 Å². The molecular weight excluding hydrogens is 244 g/mol. The number of benzene rings is 1. The molecule has 94 valence electrons. The Labute approximate surface area is 111 Å². The standard InChI is InChI=1S/C15H16O2S/c1-10-5-4-6-15(11(10)2)17-9-13-7-14(8-16)18-12(13)3/h4-8H,9H2,1-3H3. The summed E-state index contributed by atoms with van der Waals surface area (Å²) in [6, 6.07) is 7.94. The summed E-state index contributed by atoms with van der Waals surface area (Å²) in [6.07, 6.45) is 0.888. The van der Waals surface area contributed by atoms with Gasteiger partial charge in [0.25, 0.3) is 0 Å². The van der Waals surface area contributed by atoms with Crippen LogP contribution < -0.4 is 4.74 Å². The molecule has 3 heteroatoms. The number of rotatable bonds is 4. The van der Waals surface area contributed by atoms with Crippen LogP contribution in [0.4, 0.5) is 0 Å². The normalized spacial score (nSPS) is 10.4. The van der Waals surface area contributed by atoms with Gasteiger partial charge in [-0.05, 0) is 44.0 Å². The third-order valence-corrected chi connectivity index (χ3v) is 4.11. The summed E-state index contributed by atoms with van der Waals surface area (Å²) in [5, 5.41) is 0. The van der Waals surface area contributed by atoms with Gasteiger partial charge in [-0.1, -0.05) is 12.1 Å². The van der Waals surface area contributed by atoms with Crippen molar-refractivity contribution >= 4 is 17.6 Å². The zero-order valence-electron chi connectivity index (χ0n) is 10.8. The van der Waals surface area contributed by atoms with Gasteiger partial charge in [0.05, 0.1) is 4.88 Å². The molecular formula is C15H16O2S. The number of carbonyl (C=O) groups excluding carboxylic acids is 1. The number of carbonyl (C=O) groups is 1. The SMILES string of the molecule is Cc1cccc(OCc2cc(C=O)sc2C)c1C. The fourth-order valence-electron chi connectivity index (χ4n) is 1.78. The topological polar surface area (TPSA) is 26.3 Å². The average molecular weight is 260 g/mol. The van der Waals surface area contributed by atoms with E-state index in [1.54, 1.807) is 0 Å². The van der Waals surface area contributed by atoms with Crippen LogP contribution in [0.25, 0.3) is 0 Å². The number of ether oxygens (including phenoxy) is 1. The van der Waals surface area contributed by atoms with Gasteiger partial charge in [0.15, 0.2) is 6.29 Å². The molecule has 2 aromatic rings. The van der Waals surface area contributed by atoms with Crippen molar-refractivity contribution in [3.05, 3.63) is 50.7 Å². The fourth-order valence-corrected chi connectivity index (χ4v) is 2.63. The molecule has 0 atom stereocenters. The summed E-state index contributed by atoms with van der Waals surface area (Å²) in [7, 11) is 0. The predicted octanol–water partition coefficient (Wildman–Crippen LogP) is 4.06. The summed E-state index contributed by atoms with van der Waals surface area (Å²) in [5.41, 5.74) is 3.48. The molecule has 0 aliphatic carbocycles. The monoisotopic (exact) mass is 260 g/mol. The second-order valence-electron chi connectivity index (χ2n) is 4.33. The van der Waals surface area contributed by atoms with Crippen LogP contribution in [0.15, 0.2) is 24.3 Å². The first-order chi connectivity index (χ1) is 8.61. The van der Waals surface area contributed by atoms with Gasteiger partial charge in [-0.3, -0.25) is 4.79 Å². The van der Waals surface area contributed by atoms with Crippen molar-refractivity contribution in [2.24, 2.45) is 0 Å². The minimum atomic E-state index is 0.514. The molecule has 1 aromatic heterocycles. The zero-order valence-corrected chi connectivity index (χ0v) is 11.6. The van der Waals surface area contributed by atoms with E-state index in [0.29, 0.717) is 6.61 Å². The number of hydrogen-bond donors (Lipinski definition) is 0. The molecule has 0 fully saturated rings. The van der Waals surface area contributed by atoms with E-state index in [1.165, 1.54) is 22.5 Å². The summed E-state index contributed by atoms with van der Waals surface area (Å²) >= 11 is 1.51. The highest BCUT2D eigenvalue weighted by atomic mass is 32.1. The van der Waals surface area contributed by atoms with Gasteiger partial charge in [-0.25, -0.2) is 0 Å². The molecule has 0 aliphatic rings. The molecule has 1 aromatic carbocycles. The van der Waals surface area contributed by atoms with Gasteiger partial charge in [-0.2, -0.15) is 0 Å². The van der Waals surface area contributed by atoms with Crippen molar-refractivity contribution < 1.29 is 9.53 Å². The predicted molar refractivity (Wildman–Crippen MR) is 74.7 cm³/mol. The van der Waals surface area contributed by atoms with Crippen molar-refractivity contribution in [3.8, 4) is 5.75 Å². The second-order valence-corrected chi connectivity index (χ2v) is 5.62. The van der Waals surface area contributed by atoms with Crippen molar-refractivity contribution in [1.29, 1.82) is 0 Å². The fraction of sp³-hybridized carbons (Fsp3) is 0.267. The van der Waals surface area contributed by atoms with Crippen molar-refractivity contribution in [2.45, 2.75) is 27.4 Å². The van der Waals surface area contributed by atoms with Gasteiger partial charge in [0.2, 0.25) is 0 Å². The number of aryl methyl sites for hydroxylation is 2. The first kappa shape index (κ1) is 12.8. The Bertz CT molecular complexity index is 570. The lowest BCUT2D eigenvalue weighted by atomic mass is 10.1. The van der Waals surface area contributed by atoms with Crippen LogP contribution in [-0.4, -0.2) is 6.29 Å². The lowest BCUT2D eigenvalue weighted by Gasteiger charge is -2.10. The van der Waals surface area contributed by atoms with E-state index in [9.17, 15) is 4.79 Å². The van der Waals surface area contributed by atoms with Gasteiger partial charge in [0, 0.05) is 10.4 Å². The van der Waals surface area contributed by atoms with E-state index in [1.807, 2.05) is 25.1 Å². The largest absolute Gasteiger partial charge is 0.489 e. The Kier molecular flexibility index (Phi) is 3.82. The molecule has 0 amide bonds. The van der Waals surface area contributed by atoms with Gasteiger partial charge >= 0.3 is 0 Å². The quantitative estimate of drug-likeness (QED) is 0.775. The molecule has 0 saturated heterocycles. The van der Waals surface area contributed by atoms with Crippen molar-refractivity contribution in [2.75, 3.05) is 0 Å². The van der Waals surface area contributed by atoms with Crippen LogP contribution in [0.1, 0.15) is 31.2 Å². The van der Waals surface area contributed by atoms with Crippen LogP contribution in [-0.2, 0) is 6.61 Å². The minimum Gasteiger partial charge on any atom is -0.489 e. The second kappa shape index (κ2) is 5.36. The zero-order chi connectivity index (χ0) is 13.1. The molecule has 0 radical (unpaired) electrons. The highest BCUT2D eigenvalue weighted by molar-refractivity contribution is 7.13. The summed E-state index contributed by atoms with van der Waals surface area (Å²) in [6.45, 7) is 6.66. The third-order valence-electron chi connectivity index (χ3n) is 3.09. The number of thiophene rings is 1. The molecule has 0 N–H and O–H groups in total. The molecule has 2 nitrogen and oxygen atoms in total. The van der Waals surface area contributed by atoms with Crippen LogP contribution >= 0.6 is 11.3 Å². The Morgan fingerprint density at radius 3 is 2.72 bits per heavy atom. The lowest BCUT2D eigenvalue weighted by Crippen LogP contribution is -1.97.